The quantitative estimate of drug-likeness (QED) is 0.730. The molecule has 4 heteroatoms. The van der Waals surface area contributed by atoms with Crippen molar-refractivity contribution in [1.29, 1.82) is 0 Å². The second-order valence-corrected chi connectivity index (χ2v) is 3.75. The van der Waals surface area contributed by atoms with Gasteiger partial charge >= 0.3 is 0 Å². The molecule has 0 spiro atoms. The van der Waals surface area contributed by atoms with Crippen LogP contribution in [0.4, 0.5) is 4.39 Å². The molecule has 1 aromatic carbocycles. The number of benzene rings is 1. The number of aromatic nitrogens is 1. The summed E-state index contributed by atoms with van der Waals surface area (Å²) in [6, 6.07) is 8.15. The Morgan fingerprint density at radius 1 is 1.07 bits per heavy atom. The molecular weight excluding hydrogens is 236 g/mol. The van der Waals surface area contributed by atoms with Gasteiger partial charge in [-0.25, -0.2) is 4.39 Å². The summed E-state index contributed by atoms with van der Waals surface area (Å²) in [5, 5.41) is 0.888. The molecule has 2 rings (SSSR count). The lowest BCUT2D eigenvalue weighted by Crippen LogP contribution is -1.85. The highest BCUT2D eigenvalue weighted by atomic mass is 35.5. The second kappa shape index (κ2) is 4.17. The molecule has 1 heterocycles. The van der Waals surface area contributed by atoms with Gasteiger partial charge in [0, 0.05) is 5.56 Å². The van der Waals surface area contributed by atoms with Crippen molar-refractivity contribution < 1.29 is 4.39 Å². The molecule has 0 aliphatic rings. The predicted octanol–water partition coefficient (Wildman–Crippen LogP) is 4.19. The zero-order chi connectivity index (χ0) is 10.8. The van der Waals surface area contributed by atoms with E-state index in [-0.39, 0.29) is 5.82 Å². The third kappa shape index (κ3) is 2.11. The zero-order valence-electron chi connectivity index (χ0n) is 7.55. The Morgan fingerprint density at radius 3 is 2.53 bits per heavy atom. The highest BCUT2D eigenvalue weighted by Crippen LogP contribution is 2.32. The maximum atomic E-state index is 12.7. The molecule has 0 amide bonds. The molecule has 0 aliphatic heterocycles. The van der Waals surface area contributed by atoms with Crippen LogP contribution in [0.25, 0.3) is 11.3 Å². The molecule has 0 aliphatic carbocycles. The first kappa shape index (κ1) is 10.4. The van der Waals surface area contributed by atoms with Crippen molar-refractivity contribution in [2.24, 2.45) is 0 Å². The van der Waals surface area contributed by atoms with E-state index in [0.717, 1.165) is 6.20 Å². The van der Waals surface area contributed by atoms with Crippen molar-refractivity contribution >= 4 is 23.2 Å². The van der Waals surface area contributed by atoms with Gasteiger partial charge in [-0.05, 0) is 18.2 Å². The minimum absolute atomic E-state index is 0.378. The lowest BCUT2D eigenvalue weighted by molar-refractivity contribution is 0.622. The standard InChI is InChI=1S/C11H6Cl2FN/c12-9-3-1-2-8(11(9)13)10-5-4-7(14)6-15-10/h1-6H. The van der Waals surface area contributed by atoms with Gasteiger partial charge in [0.25, 0.3) is 0 Å². The summed E-state index contributed by atoms with van der Waals surface area (Å²) in [6.07, 6.45) is 1.15. The summed E-state index contributed by atoms with van der Waals surface area (Å²) in [4.78, 5) is 3.93. The van der Waals surface area contributed by atoms with Crippen LogP contribution in [0, 0.1) is 5.82 Å². The van der Waals surface area contributed by atoms with E-state index in [2.05, 4.69) is 4.98 Å². The molecule has 0 N–H and O–H groups in total. The molecule has 1 nitrogen and oxygen atoms in total. The van der Waals surface area contributed by atoms with Crippen LogP contribution in [0.5, 0.6) is 0 Å². The Labute approximate surface area is 96.5 Å². The number of hydrogen-bond acceptors (Lipinski definition) is 1. The van der Waals surface area contributed by atoms with Gasteiger partial charge in [0.05, 0.1) is 21.9 Å². The van der Waals surface area contributed by atoms with Crippen LogP contribution in [-0.4, -0.2) is 4.98 Å². The first-order valence-electron chi connectivity index (χ1n) is 4.24. The smallest absolute Gasteiger partial charge is 0.141 e. The van der Waals surface area contributed by atoms with Crippen LogP contribution in [0.1, 0.15) is 0 Å². The molecule has 76 valence electrons. The van der Waals surface area contributed by atoms with Crippen molar-refractivity contribution in [3.05, 3.63) is 52.4 Å². The number of halogens is 3. The van der Waals surface area contributed by atoms with Gasteiger partial charge in [0.1, 0.15) is 5.82 Å². The van der Waals surface area contributed by atoms with Crippen LogP contribution in [0.3, 0.4) is 0 Å². The van der Waals surface area contributed by atoms with Crippen molar-refractivity contribution in [3.63, 3.8) is 0 Å². The van der Waals surface area contributed by atoms with Crippen molar-refractivity contribution in [3.8, 4) is 11.3 Å². The normalized spacial score (nSPS) is 10.3. The van der Waals surface area contributed by atoms with E-state index in [0.29, 0.717) is 21.3 Å². The lowest BCUT2D eigenvalue weighted by Gasteiger charge is -2.04. The van der Waals surface area contributed by atoms with E-state index in [1.54, 1.807) is 24.3 Å². The Bertz CT molecular complexity index is 482. The van der Waals surface area contributed by atoms with Crippen LogP contribution < -0.4 is 0 Å². The highest BCUT2D eigenvalue weighted by Gasteiger charge is 2.07. The molecule has 15 heavy (non-hydrogen) atoms. The first-order valence-corrected chi connectivity index (χ1v) is 5.00. The van der Waals surface area contributed by atoms with Crippen molar-refractivity contribution in [1.82, 2.24) is 4.98 Å². The predicted molar refractivity (Wildman–Crippen MR) is 59.7 cm³/mol. The fourth-order valence-corrected chi connectivity index (χ4v) is 1.63. The molecule has 2 aromatic rings. The number of rotatable bonds is 1. The van der Waals surface area contributed by atoms with Gasteiger partial charge in [-0.15, -0.1) is 0 Å². The second-order valence-electron chi connectivity index (χ2n) is 2.96. The summed E-state index contributed by atoms with van der Waals surface area (Å²) >= 11 is 11.9. The van der Waals surface area contributed by atoms with Gasteiger partial charge in [-0.2, -0.15) is 0 Å². The van der Waals surface area contributed by atoms with Crippen molar-refractivity contribution in [2.75, 3.05) is 0 Å². The van der Waals surface area contributed by atoms with Crippen LogP contribution in [-0.2, 0) is 0 Å². The van der Waals surface area contributed by atoms with Gasteiger partial charge in [0.2, 0.25) is 0 Å². The zero-order valence-corrected chi connectivity index (χ0v) is 9.06. The van der Waals surface area contributed by atoms with Gasteiger partial charge < -0.3 is 0 Å². The number of pyridine rings is 1. The SMILES string of the molecule is Fc1ccc(-c2cccc(Cl)c2Cl)nc1. The van der Waals surface area contributed by atoms with Crippen LogP contribution in [0.15, 0.2) is 36.5 Å². The molecule has 0 fully saturated rings. The topological polar surface area (TPSA) is 12.9 Å². The molecule has 0 radical (unpaired) electrons. The third-order valence-corrected chi connectivity index (χ3v) is 2.77. The number of hydrogen-bond donors (Lipinski definition) is 0. The van der Waals surface area contributed by atoms with Crippen LogP contribution >= 0.6 is 23.2 Å². The Balaban J connectivity index is 2.54. The monoisotopic (exact) mass is 241 g/mol. The fourth-order valence-electron chi connectivity index (χ4n) is 1.24. The van der Waals surface area contributed by atoms with E-state index >= 15 is 0 Å². The Kier molecular flexibility index (Phi) is 2.89. The first-order chi connectivity index (χ1) is 7.18. The van der Waals surface area contributed by atoms with E-state index in [9.17, 15) is 4.39 Å². The maximum Gasteiger partial charge on any atom is 0.141 e. The van der Waals surface area contributed by atoms with Crippen LogP contribution in [0.2, 0.25) is 10.0 Å². The fraction of sp³-hybridized carbons (Fsp3) is 0. The summed E-state index contributed by atoms with van der Waals surface area (Å²) in [6.45, 7) is 0. The number of nitrogens with zero attached hydrogens (tertiary/aromatic N) is 1. The Hall–Kier alpha value is -1.12. The van der Waals surface area contributed by atoms with E-state index < -0.39 is 0 Å². The molecule has 0 saturated heterocycles. The molecular formula is C11H6Cl2FN. The lowest BCUT2D eigenvalue weighted by atomic mass is 10.1. The third-order valence-electron chi connectivity index (χ3n) is 1.95. The molecule has 1 aromatic heterocycles. The summed E-state index contributed by atoms with van der Waals surface area (Å²) in [5.41, 5.74) is 1.30. The minimum Gasteiger partial charge on any atom is -0.253 e. The molecule has 0 unspecified atom stereocenters. The highest BCUT2D eigenvalue weighted by molar-refractivity contribution is 6.43. The molecule has 0 bridgehead atoms. The van der Waals surface area contributed by atoms with Gasteiger partial charge in [-0.1, -0.05) is 35.3 Å². The average Bonchev–Trinajstić information content (AvgIpc) is 2.24. The maximum absolute atomic E-state index is 12.7. The average molecular weight is 242 g/mol. The minimum atomic E-state index is -0.378. The summed E-state index contributed by atoms with van der Waals surface area (Å²) in [7, 11) is 0. The largest absolute Gasteiger partial charge is 0.253 e. The summed E-state index contributed by atoms with van der Waals surface area (Å²) < 4.78 is 12.7. The Morgan fingerprint density at radius 2 is 1.87 bits per heavy atom. The molecule has 0 atom stereocenters. The van der Waals surface area contributed by atoms with Crippen molar-refractivity contribution in [2.45, 2.75) is 0 Å². The van der Waals surface area contributed by atoms with E-state index in [1.165, 1.54) is 6.07 Å². The van der Waals surface area contributed by atoms with Gasteiger partial charge in [-0.3, -0.25) is 4.98 Å². The van der Waals surface area contributed by atoms with E-state index in [4.69, 9.17) is 23.2 Å². The summed E-state index contributed by atoms with van der Waals surface area (Å²) in [5.74, 6) is -0.378. The molecule has 0 saturated carbocycles. The van der Waals surface area contributed by atoms with E-state index in [1.807, 2.05) is 0 Å². The van der Waals surface area contributed by atoms with Gasteiger partial charge in [0.15, 0.2) is 0 Å².